The Hall–Kier alpha value is -1.78. The highest BCUT2D eigenvalue weighted by atomic mass is 16.5. The average molecular weight is 225 g/mol. The molecular formula is C11H15NO4. The number of carboxylic acids is 1. The number of carbonyl (C=O) groups excluding carboxylic acids is 1. The normalized spacial score (nSPS) is 12.2. The van der Waals surface area contributed by atoms with Crippen molar-refractivity contribution in [3.05, 3.63) is 23.5 Å². The first-order chi connectivity index (χ1) is 7.52. The molecular weight excluding hydrogens is 210 g/mol. The van der Waals surface area contributed by atoms with E-state index in [-0.39, 0.29) is 0 Å². The van der Waals surface area contributed by atoms with Gasteiger partial charge in [0.15, 0.2) is 0 Å². The van der Waals surface area contributed by atoms with E-state index in [9.17, 15) is 9.59 Å². The van der Waals surface area contributed by atoms with Crippen LogP contribution in [0.1, 0.15) is 35.4 Å². The Morgan fingerprint density at radius 2 is 2.12 bits per heavy atom. The highest BCUT2D eigenvalue weighted by Crippen LogP contribution is 2.22. The van der Waals surface area contributed by atoms with Gasteiger partial charge in [-0.3, -0.25) is 4.79 Å². The van der Waals surface area contributed by atoms with E-state index in [0.29, 0.717) is 17.8 Å². The van der Waals surface area contributed by atoms with Crippen LogP contribution in [-0.2, 0) is 16.6 Å². The smallest absolute Gasteiger partial charge is 0.354 e. The molecule has 1 rings (SSSR count). The predicted octanol–water partition coefficient (Wildman–Crippen LogP) is 1.39. The van der Waals surface area contributed by atoms with Crippen molar-refractivity contribution in [2.75, 3.05) is 7.11 Å². The van der Waals surface area contributed by atoms with E-state index in [0.717, 1.165) is 0 Å². The molecule has 0 aliphatic rings. The van der Waals surface area contributed by atoms with Crippen LogP contribution in [-0.4, -0.2) is 28.7 Å². The van der Waals surface area contributed by atoms with Crippen LogP contribution in [0.15, 0.2) is 12.1 Å². The summed E-state index contributed by atoms with van der Waals surface area (Å²) >= 11 is 0. The number of ether oxygens (including phenoxy) is 1. The van der Waals surface area contributed by atoms with Gasteiger partial charge < -0.3 is 14.4 Å². The summed E-state index contributed by atoms with van der Waals surface area (Å²) in [5.74, 6) is -1.95. The van der Waals surface area contributed by atoms with Gasteiger partial charge in [0.05, 0.1) is 13.0 Å². The Kier molecular flexibility index (Phi) is 3.71. The fourth-order valence-electron chi connectivity index (χ4n) is 1.70. The number of hydrogen-bond donors (Lipinski definition) is 1. The largest absolute Gasteiger partial charge is 0.481 e. The van der Waals surface area contributed by atoms with Gasteiger partial charge in [0.1, 0.15) is 5.69 Å². The van der Waals surface area contributed by atoms with Crippen molar-refractivity contribution in [1.29, 1.82) is 0 Å². The highest BCUT2D eigenvalue weighted by Gasteiger charge is 2.23. The number of carbonyl (C=O) groups is 2. The molecule has 16 heavy (non-hydrogen) atoms. The van der Waals surface area contributed by atoms with E-state index in [1.165, 1.54) is 7.11 Å². The maximum atomic E-state index is 11.3. The van der Waals surface area contributed by atoms with Crippen molar-refractivity contribution in [1.82, 2.24) is 4.57 Å². The van der Waals surface area contributed by atoms with Gasteiger partial charge in [-0.2, -0.15) is 0 Å². The molecule has 0 radical (unpaired) electrons. The van der Waals surface area contributed by atoms with Crippen molar-refractivity contribution < 1.29 is 19.4 Å². The molecule has 88 valence electrons. The van der Waals surface area contributed by atoms with Crippen molar-refractivity contribution in [3.63, 3.8) is 0 Å². The minimum atomic E-state index is -0.889. The fourth-order valence-corrected chi connectivity index (χ4v) is 1.70. The molecule has 1 unspecified atom stereocenters. The van der Waals surface area contributed by atoms with Gasteiger partial charge in [-0.25, -0.2) is 4.79 Å². The molecule has 0 saturated carbocycles. The first-order valence-corrected chi connectivity index (χ1v) is 4.99. The molecule has 5 nitrogen and oxygen atoms in total. The van der Waals surface area contributed by atoms with Gasteiger partial charge >= 0.3 is 11.9 Å². The third-order valence-corrected chi connectivity index (χ3v) is 2.62. The van der Waals surface area contributed by atoms with E-state index in [2.05, 4.69) is 4.74 Å². The second kappa shape index (κ2) is 4.83. The molecule has 0 aromatic carbocycles. The number of rotatable bonds is 4. The Morgan fingerprint density at radius 3 is 2.56 bits per heavy atom. The molecule has 0 spiro atoms. The molecule has 5 heteroatoms. The first kappa shape index (κ1) is 12.3. The molecule has 1 heterocycles. The molecule has 1 atom stereocenters. The summed E-state index contributed by atoms with van der Waals surface area (Å²) in [6, 6.07) is 3.22. The minimum absolute atomic E-state index is 0.359. The number of carboxylic acid groups (broad SMARTS) is 1. The van der Waals surface area contributed by atoms with Crippen molar-refractivity contribution in [2.24, 2.45) is 7.05 Å². The number of methoxy groups -OCH3 is 1. The van der Waals surface area contributed by atoms with Crippen LogP contribution in [0.5, 0.6) is 0 Å². The zero-order chi connectivity index (χ0) is 12.3. The van der Waals surface area contributed by atoms with Crippen molar-refractivity contribution in [3.8, 4) is 0 Å². The topological polar surface area (TPSA) is 68.5 Å². The van der Waals surface area contributed by atoms with Gasteiger partial charge in [0.25, 0.3) is 0 Å². The second-order valence-electron chi connectivity index (χ2n) is 3.49. The second-order valence-corrected chi connectivity index (χ2v) is 3.49. The molecule has 0 aliphatic carbocycles. The van der Waals surface area contributed by atoms with E-state index < -0.39 is 17.9 Å². The molecule has 0 saturated heterocycles. The minimum Gasteiger partial charge on any atom is -0.481 e. The summed E-state index contributed by atoms with van der Waals surface area (Å²) in [5.41, 5.74) is 0.965. The van der Waals surface area contributed by atoms with Crippen LogP contribution in [0.4, 0.5) is 0 Å². The van der Waals surface area contributed by atoms with Gasteiger partial charge in [-0.1, -0.05) is 6.92 Å². The first-order valence-electron chi connectivity index (χ1n) is 4.99. The van der Waals surface area contributed by atoms with E-state index in [1.807, 2.05) is 0 Å². The number of esters is 1. The van der Waals surface area contributed by atoms with Gasteiger partial charge in [-0.15, -0.1) is 0 Å². The van der Waals surface area contributed by atoms with Gasteiger partial charge in [0.2, 0.25) is 0 Å². The number of nitrogens with zero attached hydrogens (tertiary/aromatic N) is 1. The summed E-state index contributed by atoms with van der Waals surface area (Å²) in [5, 5.41) is 9.03. The Morgan fingerprint density at radius 1 is 1.50 bits per heavy atom. The van der Waals surface area contributed by atoms with E-state index in [1.54, 1.807) is 30.7 Å². The maximum Gasteiger partial charge on any atom is 0.354 e. The van der Waals surface area contributed by atoms with Crippen molar-refractivity contribution >= 4 is 11.9 Å². The van der Waals surface area contributed by atoms with Crippen LogP contribution >= 0.6 is 0 Å². The summed E-state index contributed by atoms with van der Waals surface area (Å²) in [6.45, 7) is 1.80. The number of aromatic nitrogens is 1. The monoisotopic (exact) mass is 225 g/mol. The highest BCUT2D eigenvalue weighted by molar-refractivity contribution is 5.88. The number of hydrogen-bond acceptors (Lipinski definition) is 3. The van der Waals surface area contributed by atoms with E-state index in [4.69, 9.17) is 5.11 Å². The Labute approximate surface area is 93.6 Å². The van der Waals surface area contributed by atoms with Crippen LogP contribution < -0.4 is 0 Å². The average Bonchev–Trinajstić information content (AvgIpc) is 2.61. The van der Waals surface area contributed by atoms with Crippen LogP contribution in [0.2, 0.25) is 0 Å². The zero-order valence-corrected chi connectivity index (χ0v) is 9.56. The van der Waals surface area contributed by atoms with Crippen LogP contribution in [0.3, 0.4) is 0 Å². The zero-order valence-electron chi connectivity index (χ0n) is 9.56. The number of aliphatic carboxylic acids is 1. The molecule has 0 bridgehead atoms. The van der Waals surface area contributed by atoms with Crippen LogP contribution in [0, 0.1) is 0 Å². The quantitative estimate of drug-likeness (QED) is 0.786. The Balaban J connectivity index is 3.12. The third kappa shape index (κ3) is 2.08. The lowest BCUT2D eigenvalue weighted by Crippen LogP contribution is -2.16. The lowest BCUT2D eigenvalue weighted by atomic mass is 10.0. The molecule has 1 N–H and O–H groups in total. The Bertz CT molecular complexity index is 408. The molecule has 1 aromatic rings. The standard InChI is InChI=1S/C11H15NO4/c1-4-7(10(13)14)8-5-6-9(12(8)2)11(15)16-3/h5-7H,4H2,1-3H3,(H,13,14). The summed E-state index contributed by atoms with van der Waals surface area (Å²) in [4.78, 5) is 22.3. The van der Waals surface area contributed by atoms with Gasteiger partial charge in [-0.05, 0) is 18.6 Å². The fraction of sp³-hybridized carbons (Fsp3) is 0.455. The molecule has 1 aromatic heterocycles. The maximum absolute atomic E-state index is 11.3. The molecule has 0 amide bonds. The van der Waals surface area contributed by atoms with E-state index >= 15 is 0 Å². The van der Waals surface area contributed by atoms with Crippen molar-refractivity contribution in [2.45, 2.75) is 19.3 Å². The lowest BCUT2D eigenvalue weighted by Gasteiger charge is -2.12. The SMILES string of the molecule is CCC(C(=O)O)c1ccc(C(=O)OC)n1C. The lowest BCUT2D eigenvalue weighted by molar-refractivity contribution is -0.139. The molecule has 0 fully saturated rings. The summed E-state index contributed by atoms with van der Waals surface area (Å²) in [6.07, 6.45) is 0.480. The van der Waals surface area contributed by atoms with Crippen LogP contribution in [0.25, 0.3) is 0 Å². The van der Waals surface area contributed by atoms with Gasteiger partial charge in [0, 0.05) is 12.7 Å². The third-order valence-electron chi connectivity index (χ3n) is 2.62. The summed E-state index contributed by atoms with van der Waals surface area (Å²) in [7, 11) is 2.96. The molecule has 0 aliphatic heterocycles. The predicted molar refractivity (Wildman–Crippen MR) is 57.4 cm³/mol. The summed E-state index contributed by atoms with van der Waals surface area (Å²) < 4.78 is 6.16.